The summed E-state index contributed by atoms with van der Waals surface area (Å²) in [4.78, 5) is 11.0. The Balaban J connectivity index is 3.23. The summed E-state index contributed by atoms with van der Waals surface area (Å²) in [5.74, 6) is -0.244. The van der Waals surface area contributed by atoms with Gasteiger partial charge < -0.3 is 4.43 Å². The molecule has 0 heterocycles. The molecule has 0 saturated carbocycles. The Hall–Kier alpha value is -0.0231. The smallest absolute Gasteiger partial charge is 0.310 e. The summed E-state index contributed by atoms with van der Waals surface area (Å²) in [7, 11) is 0.448. The maximum atomic E-state index is 11.0. The highest BCUT2D eigenvalue weighted by Gasteiger charge is 2.13. The fourth-order valence-electron chi connectivity index (χ4n) is 1.35. The highest BCUT2D eigenvalue weighted by molar-refractivity contribution is 6.31. The van der Waals surface area contributed by atoms with E-state index in [1.165, 1.54) is 32.1 Å². The minimum absolute atomic E-state index is 0.244. The lowest BCUT2D eigenvalue weighted by Crippen LogP contribution is -2.16. The molecule has 1 unspecified atom stereocenters. The van der Waals surface area contributed by atoms with Crippen molar-refractivity contribution in [1.29, 1.82) is 0 Å². The zero-order valence-corrected chi connectivity index (χ0v) is 12.0. The number of alkyl halides is 1. The predicted molar refractivity (Wildman–Crippen MR) is 63.7 cm³/mol. The average Bonchev–Trinajstić information content (AvgIpc) is 2.21. The van der Waals surface area contributed by atoms with Gasteiger partial charge in [-0.2, -0.15) is 0 Å². The Morgan fingerprint density at radius 1 is 1.29 bits per heavy atom. The molecule has 0 rings (SSSR count). The van der Waals surface area contributed by atoms with Crippen molar-refractivity contribution >= 4 is 28.1 Å². The van der Waals surface area contributed by atoms with Crippen LogP contribution in [0.25, 0.3) is 0 Å². The molecule has 0 aromatic heterocycles. The molecule has 0 saturated heterocycles. The largest absolute Gasteiger partial charge is 0.528 e. The Morgan fingerprint density at radius 2 is 1.86 bits per heavy atom. The summed E-state index contributed by atoms with van der Waals surface area (Å²) in [6.45, 7) is 2.20. The van der Waals surface area contributed by atoms with Gasteiger partial charge in [0.2, 0.25) is 10.5 Å². The summed E-state index contributed by atoms with van der Waals surface area (Å²) >= 11 is 5.82. The first-order chi connectivity index (χ1) is 6.72. The third kappa shape index (κ3) is 7.39. The van der Waals surface area contributed by atoms with Gasteiger partial charge in [0, 0.05) is 0 Å². The first-order valence-corrected chi connectivity index (χ1v) is 6.69. The van der Waals surface area contributed by atoms with Gasteiger partial charge >= 0.3 is 5.97 Å². The molecule has 0 N–H and O–H groups in total. The number of halogens is 1. The zero-order valence-electron chi connectivity index (χ0n) is 9.22. The molecule has 0 amide bonds. The summed E-state index contributed by atoms with van der Waals surface area (Å²) in [5.41, 5.74) is 0. The van der Waals surface area contributed by atoms with Gasteiger partial charge in [0.15, 0.2) is 0 Å². The topological polar surface area (TPSA) is 26.3 Å². The SMILES string of the molecule is CCCCCCCCC(Cl)C(=O)O[SiH3]. The minimum atomic E-state index is -0.418. The van der Waals surface area contributed by atoms with Gasteiger partial charge in [-0.3, -0.25) is 4.79 Å². The second kappa shape index (κ2) is 9.53. The molecule has 0 fully saturated rings. The molecule has 0 bridgehead atoms. The highest BCUT2D eigenvalue weighted by Crippen LogP contribution is 2.12. The van der Waals surface area contributed by atoms with Crippen LogP contribution >= 0.6 is 11.6 Å². The fourth-order valence-corrected chi connectivity index (χ4v) is 2.03. The van der Waals surface area contributed by atoms with Crippen molar-refractivity contribution in [3.05, 3.63) is 0 Å². The van der Waals surface area contributed by atoms with E-state index in [4.69, 9.17) is 11.6 Å². The zero-order chi connectivity index (χ0) is 10.8. The number of carbonyl (C=O) groups is 1. The Bertz CT molecular complexity index is 153. The van der Waals surface area contributed by atoms with Crippen LogP contribution in [0.4, 0.5) is 0 Å². The Labute approximate surface area is 94.9 Å². The minimum Gasteiger partial charge on any atom is -0.528 e. The summed E-state index contributed by atoms with van der Waals surface area (Å²) in [5, 5.41) is -0.418. The molecule has 1 atom stereocenters. The fraction of sp³-hybridized carbons (Fsp3) is 0.900. The van der Waals surface area contributed by atoms with Gasteiger partial charge in [0.05, 0.1) is 0 Å². The van der Waals surface area contributed by atoms with Crippen molar-refractivity contribution in [2.24, 2.45) is 0 Å². The van der Waals surface area contributed by atoms with Crippen LogP contribution in [-0.4, -0.2) is 21.8 Å². The van der Waals surface area contributed by atoms with E-state index in [0.717, 1.165) is 12.8 Å². The molecule has 0 aromatic carbocycles. The number of unbranched alkanes of at least 4 members (excludes halogenated alkanes) is 5. The second-order valence-electron chi connectivity index (χ2n) is 3.55. The van der Waals surface area contributed by atoms with E-state index in [2.05, 4.69) is 11.3 Å². The van der Waals surface area contributed by atoms with Crippen molar-refractivity contribution in [2.75, 3.05) is 0 Å². The van der Waals surface area contributed by atoms with Gasteiger partial charge in [-0.1, -0.05) is 45.4 Å². The van der Waals surface area contributed by atoms with E-state index in [0.29, 0.717) is 10.5 Å². The molecular formula is C10H21ClO2Si. The summed E-state index contributed by atoms with van der Waals surface area (Å²) in [6, 6.07) is 0. The van der Waals surface area contributed by atoms with Crippen molar-refractivity contribution in [3.8, 4) is 0 Å². The van der Waals surface area contributed by atoms with Crippen molar-refractivity contribution < 1.29 is 9.22 Å². The van der Waals surface area contributed by atoms with E-state index in [9.17, 15) is 4.79 Å². The van der Waals surface area contributed by atoms with Crippen molar-refractivity contribution in [1.82, 2.24) is 0 Å². The maximum Gasteiger partial charge on any atom is 0.310 e. The summed E-state index contributed by atoms with van der Waals surface area (Å²) < 4.78 is 4.68. The van der Waals surface area contributed by atoms with Crippen molar-refractivity contribution in [2.45, 2.75) is 57.2 Å². The Morgan fingerprint density at radius 3 is 2.43 bits per heavy atom. The lowest BCUT2D eigenvalue weighted by atomic mass is 10.1. The van der Waals surface area contributed by atoms with Crippen LogP contribution in [0.1, 0.15) is 51.9 Å². The van der Waals surface area contributed by atoms with Crippen LogP contribution in [0.2, 0.25) is 0 Å². The molecule has 14 heavy (non-hydrogen) atoms. The van der Waals surface area contributed by atoms with Crippen molar-refractivity contribution in [3.63, 3.8) is 0 Å². The summed E-state index contributed by atoms with van der Waals surface area (Å²) in [6.07, 6.45) is 8.11. The molecule has 0 aliphatic carbocycles. The number of hydrogen-bond donors (Lipinski definition) is 0. The normalized spacial score (nSPS) is 12.7. The van der Waals surface area contributed by atoms with Crippen LogP contribution in [-0.2, 0) is 9.22 Å². The van der Waals surface area contributed by atoms with Gasteiger partial charge in [0.1, 0.15) is 5.38 Å². The predicted octanol–water partition coefficient (Wildman–Crippen LogP) is 2.17. The molecule has 0 spiro atoms. The molecule has 84 valence electrons. The van der Waals surface area contributed by atoms with Gasteiger partial charge in [0.25, 0.3) is 0 Å². The third-order valence-electron chi connectivity index (χ3n) is 2.27. The number of hydrogen-bond acceptors (Lipinski definition) is 2. The van der Waals surface area contributed by atoms with Crippen LogP contribution in [0.15, 0.2) is 0 Å². The van der Waals surface area contributed by atoms with Gasteiger partial charge in [-0.15, -0.1) is 11.6 Å². The number of carbonyl (C=O) groups excluding carboxylic acids is 1. The lowest BCUT2D eigenvalue weighted by molar-refractivity contribution is -0.133. The van der Waals surface area contributed by atoms with E-state index in [-0.39, 0.29) is 5.97 Å². The van der Waals surface area contributed by atoms with E-state index in [1.807, 2.05) is 0 Å². The molecule has 2 nitrogen and oxygen atoms in total. The Kier molecular flexibility index (Phi) is 9.51. The van der Waals surface area contributed by atoms with Crippen LogP contribution in [0.3, 0.4) is 0 Å². The first-order valence-electron chi connectivity index (χ1n) is 5.44. The van der Waals surface area contributed by atoms with Crippen LogP contribution < -0.4 is 0 Å². The van der Waals surface area contributed by atoms with Crippen LogP contribution in [0.5, 0.6) is 0 Å². The van der Waals surface area contributed by atoms with E-state index < -0.39 is 5.38 Å². The average molecular weight is 237 g/mol. The molecule has 0 aliphatic heterocycles. The molecule has 0 aliphatic rings. The quantitative estimate of drug-likeness (QED) is 0.367. The second-order valence-corrected chi connectivity index (χ2v) is 4.48. The molecular weight excluding hydrogens is 216 g/mol. The first kappa shape index (κ1) is 14.0. The van der Waals surface area contributed by atoms with Crippen LogP contribution in [0, 0.1) is 0 Å². The lowest BCUT2D eigenvalue weighted by Gasteiger charge is -2.06. The highest BCUT2D eigenvalue weighted by atomic mass is 35.5. The third-order valence-corrected chi connectivity index (χ3v) is 3.07. The van der Waals surface area contributed by atoms with E-state index in [1.54, 1.807) is 0 Å². The molecule has 0 aromatic rings. The molecule has 4 heteroatoms. The molecule has 0 radical (unpaired) electrons. The number of rotatable bonds is 8. The standard InChI is InChI=1S/C10H21ClO2Si/c1-2-3-4-5-6-7-8-9(11)10(12)13-14/h9H,2-8H2,1,14H3. The van der Waals surface area contributed by atoms with E-state index >= 15 is 0 Å². The van der Waals surface area contributed by atoms with Gasteiger partial charge in [-0.05, 0) is 6.42 Å². The van der Waals surface area contributed by atoms with Gasteiger partial charge in [-0.25, -0.2) is 0 Å². The maximum absolute atomic E-state index is 11.0. The monoisotopic (exact) mass is 236 g/mol.